The summed E-state index contributed by atoms with van der Waals surface area (Å²) in [6.45, 7) is 0. The molecule has 0 bridgehead atoms. The van der Waals surface area contributed by atoms with Crippen LogP contribution in [0.15, 0.2) is 60.7 Å². The van der Waals surface area contributed by atoms with Gasteiger partial charge in [-0.25, -0.2) is 0 Å². The predicted molar refractivity (Wildman–Crippen MR) is 71.8 cm³/mol. The number of rotatable bonds is 0. The third-order valence-corrected chi connectivity index (χ3v) is 1.97. The Hall–Kier alpha value is -1.16. The van der Waals surface area contributed by atoms with Crippen LogP contribution in [0.3, 0.4) is 0 Å². The summed E-state index contributed by atoms with van der Waals surface area (Å²) < 4.78 is 16.6. The van der Waals surface area contributed by atoms with Crippen molar-refractivity contribution in [3.05, 3.63) is 70.7 Å². The minimum Gasteiger partial charge on any atom is -0.168 e. The van der Waals surface area contributed by atoms with Crippen LogP contribution in [0.4, 0.5) is 0 Å². The van der Waals surface area contributed by atoms with Crippen molar-refractivity contribution in [1.29, 1.82) is 0 Å². The molecule has 2 rings (SSSR count). The van der Waals surface area contributed by atoms with Crippen molar-refractivity contribution >= 4 is 34.8 Å². The van der Waals surface area contributed by atoms with Gasteiger partial charge in [-0.05, 0) is 24.3 Å². The summed E-state index contributed by atoms with van der Waals surface area (Å²) in [5.74, 6) is 0. The number of benzene rings is 2. The Kier molecular flexibility index (Phi) is 10.6. The topological polar surface area (TPSA) is 34.1 Å². The molecule has 2 aromatic carbocycles. The van der Waals surface area contributed by atoms with Gasteiger partial charge in [-0.15, -0.1) is 0 Å². The van der Waals surface area contributed by atoms with Crippen LogP contribution < -0.4 is 0 Å². The van der Waals surface area contributed by atoms with E-state index in [9.17, 15) is 0 Å². The van der Waals surface area contributed by atoms with Crippen molar-refractivity contribution in [3.63, 3.8) is 0 Å². The molecule has 0 aliphatic carbocycles. The second-order valence-electron chi connectivity index (χ2n) is 2.66. The quantitative estimate of drug-likeness (QED) is 0.734. The van der Waals surface area contributed by atoms with Crippen molar-refractivity contribution in [2.75, 3.05) is 0 Å². The van der Waals surface area contributed by atoms with E-state index in [4.69, 9.17) is 31.6 Å². The number of halogens is 2. The van der Waals surface area contributed by atoms with Crippen molar-refractivity contribution in [2.45, 2.75) is 0 Å². The Labute approximate surface area is 114 Å². The minimum absolute atomic E-state index is 0.750. The van der Waals surface area contributed by atoms with Gasteiger partial charge < -0.3 is 0 Å². The fraction of sp³-hybridized carbons (Fsp3) is 0. The maximum Gasteiger partial charge on any atom is 0.335 e. The molecule has 0 spiro atoms. The van der Waals surface area contributed by atoms with Crippen LogP contribution >= 0.6 is 23.2 Å². The van der Waals surface area contributed by atoms with Crippen molar-refractivity contribution in [2.24, 2.45) is 0 Å². The molecule has 90 valence electrons. The second kappa shape index (κ2) is 11.3. The maximum atomic E-state index is 8.29. The molecule has 0 saturated heterocycles. The molecule has 2 aromatic rings. The van der Waals surface area contributed by atoms with Crippen molar-refractivity contribution in [1.82, 2.24) is 0 Å². The first-order valence-corrected chi connectivity index (χ1v) is 5.96. The summed E-state index contributed by atoms with van der Waals surface area (Å²) in [6.07, 6.45) is 0. The lowest BCUT2D eigenvalue weighted by Crippen LogP contribution is -1.55. The summed E-state index contributed by atoms with van der Waals surface area (Å²) in [6, 6.07) is 18.9. The molecule has 0 unspecified atom stereocenters. The Morgan fingerprint density at radius 1 is 0.647 bits per heavy atom. The van der Waals surface area contributed by atoms with Gasteiger partial charge in [-0.3, -0.25) is 0 Å². The average Bonchev–Trinajstić information content (AvgIpc) is 2.33. The van der Waals surface area contributed by atoms with E-state index in [2.05, 4.69) is 0 Å². The zero-order valence-corrected chi connectivity index (χ0v) is 11.1. The van der Waals surface area contributed by atoms with Crippen LogP contribution in [0.1, 0.15) is 0 Å². The van der Waals surface area contributed by atoms with Gasteiger partial charge in [-0.2, -0.15) is 8.42 Å². The summed E-state index contributed by atoms with van der Waals surface area (Å²) in [7, 11) is 0. The molecule has 0 N–H and O–H groups in total. The van der Waals surface area contributed by atoms with Gasteiger partial charge in [0.15, 0.2) is 0 Å². The molecule has 0 heterocycles. The van der Waals surface area contributed by atoms with E-state index in [1.807, 2.05) is 60.7 Å². The average molecular weight is 289 g/mol. The van der Waals surface area contributed by atoms with Gasteiger partial charge in [0.05, 0.1) is 0 Å². The zero-order valence-electron chi connectivity index (χ0n) is 8.75. The largest absolute Gasteiger partial charge is 0.335 e. The molecule has 0 radical (unpaired) electrons. The van der Waals surface area contributed by atoms with E-state index in [1.54, 1.807) is 0 Å². The number of hydrogen-bond acceptors (Lipinski definition) is 2. The van der Waals surface area contributed by atoms with Crippen LogP contribution in [0, 0.1) is 0 Å². The molecule has 0 saturated carbocycles. The monoisotopic (exact) mass is 288 g/mol. The molecular formula is C12H10Cl2O2S. The fourth-order valence-corrected chi connectivity index (χ4v) is 1.12. The van der Waals surface area contributed by atoms with Crippen LogP contribution in [-0.4, -0.2) is 8.42 Å². The Morgan fingerprint density at radius 3 is 1.00 bits per heavy atom. The van der Waals surface area contributed by atoms with E-state index in [0.717, 1.165) is 10.0 Å². The van der Waals surface area contributed by atoms with Crippen LogP contribution in [0.25, 0.3) is 0 Å². The van der Waals surface area contributed by atoms with Gasteiger partial charge in [-0.1, -0.05) is 59.6 Å². The second-order valence-corrected chi connectivity index (χ2v) is 3.67. The normalized spacial score (nSPS) is 7.88. The van der Waals surface area contributed by atoms with Gasteiger partial charge in [0.25, 0.3) is 0 Å². The molecule has 0 atom stereocenters. The van der Waals surface area contributed by atoms with Crippen molar-refractivity contribution in [3.8, 4) is 0 Å². The highest BCUT2D eigenvalue weighted by Crippen LogP contribution is 2.04. The molecule has 2 nitrogen and oxygen atoms in total. The van der Waals surface area contributed by atoms with Crippen molar-refractivity contribution < 1.29 is 8.42 Å². The van der Waals surface area contributed by atoms with E-state index in [0.29, 0.717) is 0 Å². The van der Waals surface area contributed by atoms with E-state index >= 15 is 0 Å². The summed E-state index contributed by atoms with van der Waals surface area (Å²) >= 11 is 10.3. The first-order valence-electron chi connectivity index (χ1n) is 4.53. The lowest BCUT2D eigenvalue weighted by Gasteiger charge is -1.80. The smallest absolute Gasteiger partial charge is 0.168 e. The Balaban J connectivity index is 0.000000247. The van der Waals surface area contributed by atoms with Gasteiger partial charge in [0, 0.05) is 10.0 Å². The van der Waals surface area contributed by atoms with E-state index in [-0.39, 0.29) is 0 Å². The van der Waals surface area contributed by atoms with Gasteiger partial charge >= 0.3 is 11.6 Å². The molecule has 0 aliphatic rings. The van der Waals surface area contributed by atoms with E-state index < -0.39 is 11.6 Å². The Bertz CT molecular complexity index is 391. The fourth-order valence-electron chi connectivity index (χ4n) is 0.829. The molecule has 0 fully saturated rings. The highest BCUT2D eigenvalue weighted by molar-refractivity contribution is 7.51. The Morgan fingerprint density at radius 2 is 0.882 bits per heavy atom. The minimum atomic E-state index is -0.750. The highest BCUT2D eigenvalue weighted by atomic mass is 35.5. The molecular weight excluding hydrogens is 279 g/mol. The first kappa shape index (κ1) is 15.8. The van der Waals surface area contributed by atoms with Crippen LogP contribution in [0.2, 0.25) is 10.0 Å². The van der Waals surface area contributed by atoms with E-state index in [1.165, 1.54) is 0 Å². The summed E-state index contributed by atoms with van der Waals surface area (Å²) in [4.78, 5) is 0. The summed E-state index contributed by atoms with van der Waals surface area (Å²) in [5, 5.41) is 1.59. The maximum absolute atomic E-state index is 8.29. The molecule has 5 heteroatoms. The lowest BCUT2D eigenvalue weighted by atomic mass is 10.4. The van der Waals surface area contributed by atoms with Crippen LogP contribution in [0.5, 0.6) is 0 Å². The van der Waals surface area contributed by atoms with Gasteiger partial charge in [0.2, 0.25) is 0 Å². The summed E-state index contributed by atoms with van der Waals surface area (Å²) in [5.41, 5.74) is 0. The number of hydrogen-bond donors (Lipinski definition) is 0. The SMILES string of the molecule is Clc1ccccc1.Clc1ccccc1.O=S=O. The molecule has 0 aromatic heterocycles. The highest BCUT2D eigenvalue weighted by Gasteiger charge is 1.75. The molecule has 0 aliphatic heterocycles. The third-order valence-electron chi connectivity index (χ3n) is 1.47. The predicted octanol–water partition coefficient (Wildman–Crippen LogP) is 4.01. The lowest BCUT2D eigenvalue weighted by molar-refractivity contribution is 0.630. The van der Waals surface area contributed by atoms with Gasteiger partial charge in [0.1, 0.15) is 0 Å². The third kappa shape index (κ3) is 11.1. The molecule has 17 heavy (non-hydrogen) atoms. The zero-order chi connectivity index (χ0) is 12.9. The molecule has 0 amide bonds. The van der Waals surface area contributed by atoms with Crippen LogP contribution in [-0.2, 0) is 11.6 Å². The first-order chi connectivity index (χ1) is 8.20. The standard InChI is InChI=1S/2C6H5Cl.O2S/c2*7-6-4-2-1-3-5-6;1-3-2/h2*1-5H;.